The number of anilines is 1. The van der Waals surface area contributed by atoms with E-state index in [0.29, 0.717) is 10.2 Å². The number of rotatable bonds is 6. The highest BCUT2D eigenvalue weighted by Gasteiger charge is 2.22. The molecule has 0 bridgehead atoms. The number of nitrogens with one attached hydrogen (secondary N) is 1. The molecule has 7 heteroatoms. The molecule has 0 radical (unpaired) electrons. The zero-order chi connectivity index (χ0) is 20.1. The minimum absolute atomic E-state index is 0.00202. The smallest absolute Gasteiger partial charge is 0.258 e. The average Bonchev–Trinajstić information content (AvgIpc) is 2.69. The summed E-state index contributed by atoms with van der Waals surface area (Å²) in [4.78, 5) is 25.8. The largest absolute Gasteiger partial charge is 0.369 e. The van der Waals surface area contributed by atoms with Crippen LogP contribution in [0.15, 0.2) is 46.9 Å². The quantitative estimate of drug-likeness (QED) is 0.710. The van der Waals surface area contributed by atoms with Crippen molar-refractivity contribution in [3.63, 3.8) is 0 Å². The van der Waals surface area contributed by atoms with E-state index in [1.807, 2.05) is 24.3 Å². The Kier molecular flexibility index (Phi) is 6.80. The zero-order valence-electron chi connectivity index (χ0n) is 15.5. The summed E-state index contributed by atoms with van der Waals surface area (Å²) in [6.07, 6.45) is 2.54. The number of nitrogens with zero attached hydrogens (tertiary/aromatic N) is 1. The van der Waals surface area contributed by atoms with Gasteiger partial charge in [-0.3, -0.25) is 9.59 Å². The number of nitrogens with two attached hydrogens (primary N) is 1. The van der Waals surface area contributed by atoms with Crippen LogP contribution in [0.5, 0.6) is 0 Å². The third kappa shape index (κ3) is 5.39. The van der Waals surface area contributed by atoms with Crippen LogP contribution in [-0.2, 0) is 11.2 Å². The molecule has 0 aliphatic carbocycles. The number of hydrogen-bond donors (Lipinski definition) is 2. The van der Waals surface area contributed by atoms with E-state index in [1.54, 1.807) is 6.07 Å². The topological polar surface area (TPSA) is 75.4 Å². The van der Waals surface area contributed by atoms with Crippen molar-refractivity contribution in [3.8, 4) is 0 Å². The number of carbonyl (C=O) groups is 2. The minimum Gasteiger partial charge on any atom is -0.369 e. The molecular formula is C21H23BrFN3O2. The molecule has 1 saturated heterocycles. The van der Waals surface area contributed by atoms with Gasteiger partial charge in [0.25, 0.3) is 5.91 Å². The van der Waals surface area contributed by atoms with Crippen molar-refractivity contribution < 1.29 is 14.0 Å². The number of piperidine rings is 1. The first-order chi connectivity index (χ1) is 13.4. The molecule has 2 aromatic rings. The van der Waals surface area contributed by atoms with Crippen LogP contribution in [0.25, 0.3) is 0 Å². The summed E-state index contributed by atoms with van der Waals surface area (Å²) in [6, 6.07) is 11.8. The maximum atomic E-state index is 13.8. The van der Waals surface area contributed by atoms with Crippen LogP contribution in [0.3, 0.4) is 0 Å². The van der Waals surface area contributed by atoms with Crippen molar-refractivity contribution in [2.24, 2.45) is 11.7 Å². The summed E-state index contributed by atoms with van der Waals surface area (Å²) in [6.45, 7) is 2.69. The molecule has 0 atom stereocenters. The lowest BCUT2D eigenvalue weighted by molar-refractivity contribution is -0.123. The third-order valence-corrected chi connectivity index (χ3v) is 5.58. The Balaban J connectivity index is 1.50. The Morgan fingerprint density at radius 1 is 1.14 bits per heavy atom. The fraction of sp³-hybridized carbons (Fsp3) is 0.333. The molecular weight excluding hydrogens is 425 g/mol. The van der Waals surface area contributed by atoms with Crippen LogP contribution >= 0.6 is 15.9 Å². The van der Waals surface area contributed by atoms with Crippen LogP contribution in [0.2, 0.25) is 0 Å². The number of likely N-dealkylation sites (tertiary alicyclic amines) is 1. The van der Waals surface area contributed by atoms with Gasteiger partial charge in [-0.05, 0) is 68.2 Å². The molecule has 3 N–H and O–H groups in total. The van der Waals surface area contributed by atoms with E-state index in [0.717, 1.165) is 44.5 Å². The monoisotopic (exact) mass is 447 g/mol. The SMILES string of the molecule is NC(=O)C1CCN(CCc2ccc(NC(=O)c3cc(Br)ccc3F)cc2)CC1. The normalized spacial score (nSPS) is 15.4. The van der Waals surface area contributed by atoms with Gasteiger partial charge in [0.15, 0.2) is 0 Å². The van der Waals surface area contributed by atoms with Gasteiger partial charge in [-0.15, -0.1) is 0 Å². The van der Waals surface area contributed by atoms with E-state index >= 15 is 0 Å². The summed E-state index contributed by atoms with van der Waals surface area (Å²) in [5.41, 5.74) is 7.14. The van der Waals surface area contributed by atoms with Crippen molar-refractivity contribution in [3.05, 3.63) is 63.9 Å². The summed E-state index contributed by atoms with van der Waals surface area (Å²) in [5.74, 6) is -1.23. The van der Waals surface area contributed by atoms with Gasteiger partial charge in [-0.2, -0.15) is 0 Å². The van der Waals surface area contributed by atoms with E-state index in [1.165, 1.54) is 12.1 Å². The van der Waals surface area contributed by atoms with Crippen LogP contribution in [0, 0.1) is 11.7 Å². The maximum Gasteiger partial charge on any atom is 0.258 e. The van der Waals surface area contributed by atoms with Crippen LogP contribution in [-0.4, -0.2) is 36.3 Å². The minimum atomic E-state index is -0.558. The van der Waals surface area contributed by atoms with E-state index in [9.17, 15) is 14.0 Å². The van der Waals surface area contributed by atoms with Crippen molar-refractivity contribution in [1.29, 1.82) is 0 Å². The summed E-state index contributed by atoms with van der Waals surface area (Å²) < 4.78 is 14.5. The lowest BCUT2D eigenvalue weighted by Gasteiger charge is -2.30. The van der Waals surface area contributed by atoms with Crippen LogP contribution < -0.4 is 11.1 Å². The molecule has 1 aliphatic rings. The highest BCUT2D eigenvalue weighted by Crippen LogP contribution is 2.19. The van der Waals surface area contributed by atoms with E-state index < -0.39 is 11.7 Å². The molecule has 0 spiro atoms. The molecule has 28 heavy (non-hydrogen) atoms. The Bertz CT molecular complexity index is 849. The third-order valence-electron chi connectivity index (χ3n) is 5.09. The lowest BCUT2D eigenvalue weighted by Crippen LogP contribution is -2.39. The van der Waals surface area contributed by atoms with Crippen molar-refractivity contribution in [2.45, 2.75) is 19.3 Å². The number of primary amides is 1. The van der Waals surface area contributed by atoms with Crippen LogP contribution in [0.1, 0.15) is 28.8 Å². The Labute approximate surface area is 172 Å². The Morgan fingerprint density at radius 3 is 2.46 bits per heavy atom. The molecule has 1 aliphatic heterocycles. The molecule has 5 nitrogen and oxygen atoms in total. The van der Waals surface area contributed by atoms with Crippen LogP contribution in [0.4, 0.5) is 10.1 Å². The Hall–Kier alpha value is -2.25. The van der Waals surface area contributed by atoms with E-state index in [4.69, 9.17) is 5.73 Å². The maximum absolute atomic E-state index is 13.8. The molecule has 0 unspecified atom stereocenters. The zero-order valence-corrected chi connectivity index (χ0v) is 17.0. The molecule has 1 heterocycles. The highest BCUT2D eigenvalue weighted by atomic mass is 79.9. The van der Waals surface area contributed by atoms with Gasteiger partial charge < -0.3 is 16.0 Å². The second kappa shape index (κ2) is 9.30. The first-order valence-electron chi connectivity index (χ1n) is 9.29. The van der Waals surface area contributed by atoms with E-state index in [2.05, 4.69) is 26.1 Å². The van der Waals surface area contributed by atoms with Crippen molar-refractivity contribution >= 4 is 33.4 Å². The predicted molar refractivity (Wildman–Crippen MR) is 111 cm³/mol. The molecule has 1 fully saturated rings. The summed E-state index contributed by atoms with van der Waals surface area (Å²) in [5, 5.41) is 2.72. The van der Waals surface area contributed by atoms with Crippen molar-refractivity contribution in [1.82, 2.24) is 4.90 Å². The second-order valence-corrected chi connectivity index (χ2v) is 7.96. The van der Waals surface area contributed by atoms with E-state index in [-0.39, 0.29) is 17.4 Å². The summed E-state index contributed by atoms with van der Waals surface area (Å²) in [7, 11) is 0. The van der Waals surface area contributed by atoms with Gasteiger partial charge in [0.05, 0.1) is 5.56 Å². The number of hydrogen-bond acceptors (Lipinski definition) is 3. The van der Waals surface area contributed by atoms with Gasteiger partial charge in [-0.25, -0.2) is 4.39 Å². The first kappa shape index (κ1) is 20.5. The fourth-order valence-corrected chi connectivity index (χ4v) is 3.71. The molecule has 2 amide bonds. The first-order valence-corrected chi connectivity index (χ1v) is 10.1. The average molecular weight is 448 g/mol. The molecule has 148 valence electrons. The predicted octanol–water partition coefficient (Wildman–Crippen LogP) is 3.58. The molecule has 2 aromatic carbocycles. The Morgan fingerprint density at radius 2 is 1.82 bits per heavy atom. The number of carbonyl (C=O) groups excluding carboxylic acids is 2. The van der Waals surface area contributed by atoms with Gasteiger partial charge in [-0.1, -0.05) is 28.1 Å². The number of benzene rings is 2. The standard InChI is InChI=1S/C21H23BrFN3O2/c22-16-3-6-19(23)18(13-16)21(28)25-17-4-1-14(2-5-17)7-10-26-11-8-15(9-12-26)20(24)27/h1-6,13,15H,7-12H2,(H2,24,27)(H,25,28). The van der Waals surface area contributed by atoms with Gasteiger partial charge in [0.2, 0.25) is 5.91 Å². The van der Waals surface area contributed by atoms with Gasteiger partial charge in [0, 0.05) is 22.6 Å². The second-order valence-electron chi connectivity index (χ2n) is 7.04. The number of amides is 2. The van der Waals surface area contributed by atoms with Gasteiger partial charge in [0.1, 0.15) is 5.82 Å². The van der Waals surface area contributed by atoms with Crippen molar-refractivity contribution in [2.75, 3.05) is 25.0 Å². The summed E-state index contributed by atoms with van der Waals surface area (Å²) >= 11 is 3.25. The highest BCUT2D eigenvalue weighted by molar-refractivity contribution is 9.10. The van der Waals surface area contributed by atoms with Gasteiger partial charge >= 0.3 is 0 Å². The molecule has 0 aromatic heterocycles. The fourth-order valence-electron chi connectivity index (χ4n) is 3.35. The number of halogens is 2. The lowest BCUT2D eigenvalue weighted by atomic mass is 9.96. The molecule has 3 rings (SSSR count). The molecule has 0 saturated carbocycles.